The Balaban J connectivity index is 1.96. The lowest BCUT2D eigenvalue weighted by molar-refractivity contribution is -0.147. The van der Waals surface area contributed by atoms with E-state index in [1.165, 1.54) is 27.8 Å². The van der Waals surface area contributed by atoms with Crippen molar-refractivity contribution in [2.24, 2.45) is 5.92 Å². The van der Waals surface area contributed by atoms with Gasteiger partial charge in [0.1, 0.15) is 6.61 Å². The van der Waals surface area contributed by atoms with Gasteiger partial charge in [-0.1, -0.05) is 61.9 Å². The average molecular weight is 280 g/mol. The Morgan fingerprint density at radius 3 is 2.57 bits per heavy atom. The maximum absolute atomic E-state index is 11.8. The molecule has 1 unspecified atom stereocenters. The molecule has 2 nitrogen and oxygen atoms in total. The van der Waals surface area contributed by atoms with E-state index in [0.29, 0.717) is 6.61 Å². The molecule has 0 saturated heterocycles. The first kappa shape index (κ1) is 13.9. The van der Waals surface area contributed by atoms with Gasteiger partial charge >= 0.3 is 5.97 Å². The fraction of sp³-hybridized carbons (Fsp3) is 0.316. The number of ether oxygens (including phenoxy) is 1. The van der Waals surface area contributed by atoms with Crippen molar-refractivity contribution < 1.29 is 9.53 Å². The van der Waals surface area contributed by atoms with Gasteiger partial charge in [0.15, 0.2) is 0 Å². The van der Waals surface area contributed by atoms with Gasteiger partial charge < -0.3 is 4.74 Å². The number of benzene rings is 2. The molecule has 1 atom stereocenters. The number of hydrogen-bond donors (Lipinski definition) is 0. The maximum Gasteiger partial charge on any atom is 0.308 e. The second-order valence-electron chi connectivity index (χ2n) is 6.02. The predicted molar refractivity (Wildman–Crippen MR) is 84.3 cm³/mol. The highest BCUT2D eigenvalue weighted by molar-refractivity contribution is 5.79. The molecule has 108 valence electrons. The fourth-order valence-corrected chi connectivity index (χ4v) is 2.93. The van der Waals surface area contributed by atoms with Crippen LogP contribution in [-0.2, 0) is 9.53 Å². The molecule has 2 aromatic rings. The van der Waals surface area contributed by atoms with Gasteiger partial charge in [0, 0.05) is 5.92 Å². The van der Waals surface area contributed by atoms with E-state index < -0.39 is 0 Å². The van der Waals surface area contributed by atoms with Crippen LogP contribution in [0.5, 0.6) is 0 Å². The maximum atomic E-state index is 11.8. The van der Waals surface area contributed by atoms with E-state index in [1.807, 2.05) is 13.8 Å². The monoisotopic (exact) mass is 280 g/mol. The second-order valence-corrected chi connectivity index (χ2v) is 6.02. The molecule has 0 radical (unpaired) electrons. The largest absolute Gasteiger partial charge is 0.464 e. The SMILES string of the molecule is Cc1ccc2c(c1)-c1ccccc1C2COC(=O)C(C)C. The van der Waals surface area contributed by atoms with Crippen LogP contribution in [0.1, 0.15) is 36.5 Å². The van der Waals surface area contributed by atoms with Crippen molar-refractivity contribution in [1.29, 1.82) is 0 Å². The molecular weight excluding hydrogens is 260 g/mol. The van der Waals surface area contributed by atoms with Gasteiger partial charge in [0.25, 0.3) is 0 Å². The van der Waals surface area contributed by atoms with Gasteiger partial charge in [-0.25, -0.2) is 0 Å². The zero-order valence-corrected chi connectivity index (χ0v) is 12.7. The summed E-state index contributed by atoms with van der Waals surface area (Å²) in [7, 11) is 0. The van der Waals surface area contributed by atoms with Crippen LogP contribution in [0.15, 0.2) is 42.5 Å². The van der Waals surface area contributed by atoms with Crippen molar-refractivity contribution >= 4 is 5.97 Å². The first-order chi connectivity index (χ1) is 10.1. The molecule has 2 heteroatoms. The van der Waals surface area contributed by atoms with E-state index in [0.717, 1.165) is 0 Å². The lowest BCUT2D eigenvalue weighted by atomic mass is 9.97. The molecule has 1 aliphatic rings. The van der Waals surface area contributed by atoms with Crippen LogP contribution >= 0.6 is 0 Å². The van der Waals surface area contributed by atoms with Crippen LogP contribution in [0.3, 0.4) is 0 Å². The molecule has 0 heterocycles. The van der Waals surface area contributed by atoms with Crippen LogP contribution < -0.4 is 0 Å². The predicted octanol–water partition coefficient (Wildman–Crippen LogP) is 4.31. The summed E-state index contributed by atoms with van der Waals surface area (Å²) in [5.74, 6) is -0.0633. The zero-order chi connectivity index (χ0) is 15.0. The summed E-state index contributed by atoms with van der Waals surface area (Å²) in [5, 5.41) is 0. The minimum absolute atomic E-state index is 0.0841. The molecule has 0 aromatic heterocycles. The lowest BCUT2D eigenvalue weighted by Crippen LogP contribution is -2.16. The molecule has 0 aliphatic heterocycles. The minimum Gasteiger partial charge on any atom is -0.464 e. The summed E-state index contributed by atoms with van der Waals surface area (Å²) in [5.41, 5.74) is 6.31. The van der Waals surface area contributed by atoms with Crippen molar-refractivity contribution in [1.82, 2.24) is 0 Å². The van der Waals surface area contributed by atoms with Gasteiger partial charge in [-0.3, -0.25) is 4.79 Å². The summed E-state index contributed by atoms with van der Waals surface area (Å²) < 4.78 is 5.49. The first-order valence-corrected chi connectivity index (χ1v) is 7.44. The van der Waals surface area contributed by atoms with E-state index in [9.17, 15) is 4.79 Å². The average Bonchev–Trinajstić information content (AvgIpc) is 2.78. The van der Waals surface area contributed by atoms with Crippen molar-refractivity contribution in [3.63, 3.8) is 0 Å². The number of carbonyl (C=O) groups is 1. The summed E-state index contributed by atoms with van der Waals surface area (Å²) in [4.78, 5) is 11.8. The molecule has 21 heavy (non-hydrogen) atoms. The van der Waals surface area contributed by atoms with Gasteiger partial charge in [-0.2, -0.15) is 0 Å². The molecule has 2 aromatic carbocycles. The molecule has 1 aliphatic carbocycles. The highest BCUT2D eigenvalue weighted by Crippen LogP contribution is 2.45. The lowest BCUT2D eigenvalue weighted by Gasteiger charge is -2.15. The Hall–Kier alpha value is -2.09. The standard InChI is InChI=1S/C19H20O2/c1-12(2)19(20)21-11-18-15-7-5-4-6-14(15)17-10-13(3)8-9-16(17)18/h4-10,12,18H,11H2,1-3H3. The molecule has 0 saturated carbocycles. The Labute approximate surface area is 125 Å². The number of aryl methyl sites for hydroxylation is 1. The molecule has 0 fully saturated rings. The van der Waals surface area contributed by atoms with Gasteiger partial charge in [-0.05, 0) is 29.2 Å². The first-order valence-electron chi connectivity index (χ1n) is 7.44. The normalized spacial score (nSPS) is 15.7. The van der Waals surface area contributed by atoms with Gasteiger partial charge in [0.05, 0.1) is 5.92 Å². The summed E-state index contributed by atoms with van der Waals surface area (Å²) >= 11 is 0. The van der Waals surface area contributed by atoms with Crippen LogP contribution in [0.4, 0.5) is 0 Å². The zero-order valence-electron chi connectivity index (χ0n) is 12.7. The minimum atomic E-state index is -0.131. The second kappa shape index (κ2) is 5.36. The van der Waals surface area contributed by atoms with Crippen LogP contribution in [0, 0.1) is 12.8 Å². The van der Waals surface area contributed by atoms with Crippen molar-refractivity contribution in [2.75, 3.05) is 6.61 Å². The van der Waals surface area contributed by atoms with E-state index in [-0.39, 0.29) is 17.8 Å². The molecule has 0 bridgehead atoms. The third-order valence-electron chi connectivity index (χ3n) is 4.07. The van der Waals surface area contributed by atoms with Crippen LogP contribution in [0.2, 0.25) is 0 Å². The number of fused-ring (bicyclic) bond motifs is 3. The van der Waals surface area contributed by atoms with Crippen molar-refractivity contribution in [3.8, 4) is 11.1 Å². The third-order valence-corrected chi connectivity index (χ3v) is 4.07. The highest BCUT2D eigenvalue weighted by Gasteiger charge is 2.29. The Morgan fingerprint density at radius 1 is 1.10 bits per heavy atom. The fourth-order valence-electron chi connectivity index (χ4n) is 2.93. The number of hydrogen-bond acceptors (Lipinski definition) is 2. The van der Waals surface area contributed by atoms with E-state index >= 15 is 0 Å². The number of esters is 1. The summed E-state index contributed by atoms with van der Waals surface area (Å²) in [6, 6.07) is 14.9. The molecule has 0 N–H and O–H groups in total. The molecular formula is C19H20O2. The van der Waals surface area contributed by atoms with E-state index in [1.54, 1.807) is 0 Å². The smallest absolute Gasteiger partial charge is 0.308 e. The van der Waals surface area contributed by atoms with E-state index in [2.05, 4.69) is 49.4 Å². The number of carbonyl (C=O) groups excluding carboxylic acids is 1. The third kappa shape index (κ3) is 2.46. The van der Waals surface area contributed by atoms with Crippen molar-refractivity contribution in [2.45, 2.75) is 26.7 Å². The Morgan fingerprint density at radius 2 is 1.81 bits per heavy atom. The number of rotatable bonds is 3. The molecule has 0 amide bonds. The van der Waals surface area contributed by atoms with E-state index in [4.69, 9.17) is 4.74 Å². The van der Waals surface area contributed by atoms with Crippen molar-refractivity contribution in [3.05, 3.63) is 59.2 Å². The van der Waals surface area contributed by atoms with Gasteiger partial charge in [0.2, 0.25) is 0 Å². The summed E-state index contributed by atoms with van der Waals surface area (Å²) in [6.45, 7) is 6.25. The quantitative estimate of drug-likeness (QED) is 0.783. The topological polar surface area (TPSA) is 26.3 Å². The molecule has 0 spiro atoms. The van der Waals surface area contributed by atoms with Crippen LogP contribution in [-0.4, -0.2) is 12.6 Å². The van der Waals surface area contributed by atoms with Gasteiger partial charge in [-0.15, -0.1) is 0 Å². The Kier molecular flexibility index (Phi) is 3.54. The van der Waals surface area contributed by atoms with Crippen LogP contribution in [0.25, 0.3) is 11.1 Å². The highest BCUT2D eigenvalue weighted by atomic mass is 16.5. The molecule has 3 rings (SSSR count). The summed E-state index contributed by atoms with van der Waals surface area (Å²) in [6.07, 6.45) is 0. The Bertz CT molecular complexity index is 686.